The van der Waals surface area contributed by atoms with Crippen LogP contribution in [-0.2, 0) is 0 Å². The third kappa shape index (κ3) is 2.99. The molecule has 0 aliphatic carbocycles. The molecule has 1 amide bonds. The van der Waals surface area contributed by atoms with Crippen molar-refractivity contribution in [2.75, 3.05) is 12.3 Å². The number of hydrogen-bond donors (Lipinski definition) is 2. The summed E-state index contributed by atoms with van der Waals surface area (Å²) in [5, 5.41) is 3.92. The normalized spacial score (nSPS) is 11.8. The number of carbonyl (C=O) groups is 1. The van der Waals surface area contributed by atoms with Gasteiger partial charge < -0.3 is 11.1 Å². The Bertz CT molecular complexity index is 649. The number of nitrogens with one attached hydrogen (secondary N) is 1. The molecule has 1 aromatic carbocycles. The highest BCUT2D eigenvalue weighted by molar-refractivity contribution is 9.10. The van der Waals surface area contributed by atoms with Gasteiger partial charge in [0, 0.05) is 21.1 Å². The Balaban J connectivity index is 2.27. The van der Waals surface area contributed by atoms with E-state index in [1.54, 1.807) is 0 Å². The SMILES string of the molecule is CCC(C)(C)CNC(=O)c1sc2cccc(Br)c2c1N. The van der Waals surface area contributed by atoms with E-state index in [4.69, 9.17) is 5.73 Å². The van der Waals surface area contributed by atoms with Gasteiger partial charge in [0.05, 0.1) is 5.69 Å². The molecule has 2 rings (SSSR count). The molecule has 3 N–H and O–H groups in total. The zero-order valence-corrected chi connectivity index (χ0v) is 14.3. The molecule has 0 unspecified atom stereocenters. The van der Waals surface area contributed by atoms with Crippen LogP contribution < -0.4 is 11.1 Å². The molecular formula is C15H19BrN2OS. The van der Waals surface area contributed by atoms with Crippen molar-refractivity contribution in [3.8, 4) is 0 Å². The average Bonchev–Trinajstić information content (AvgIpc) is 2.75. The molecule has 20 heavy (non-hydrogen) atoms. The maximum Gasteiger partial charge on any atom is 0.263 e. The summed E-state index contributed by atoms with van der Waals surface area (Å²) < 4.78 is 1.95. The molecule has 1 heterocycles. The highest BCUT2D eigenvalue weighted by Gasteiger charge is 2.21. The minimum atomic E-state index is -0.0860. The van der Waals surface area contributed by atoms with E-state index in [0.717, 1.165) is 21.0 Å². The summed E-state index contributed by atoms with van der Waals surface area (Å²) in [5.74, 6) is -0.0860. The van der Waals surface area contributed by atoms with Crippen LogP contribution in [-0.4, -0.2) is 12.5 Å². The maximum atomic E-state index is 12.3. The molecule has 0 fully saturated rings. The number of nitrogen functional groups attached to an aromatic ring is 1. The Labute approximate surface area is 131 Å². The van der Waals surface area contributed by atoms with Crippen molar-refractivity contribution < 1.29 is 4.79 Å². The Morgan fingerprint density at radius 3 is 2.75 bits per heavy atom. The van der Waals surface area contributed by atoms with E-state index in [1.807, 2.05) is 18.2 Å². The first-order chi connectivity index (χ1) is 9.35. The fraction of sp³-hybridized carbons (Fsp3) is 0.400. The van der Waals surface area contributed by atoms with Gasteiger partial charge in [-0.25, -0.2) is 0 Å². The van der Waals surface area contributed by atoms with E-state index in [-0.39, 0.29) is 11.3 Å². The largest absolute Gasteiger partial charge is 0.397 e. The highest BCUT2D eigenvalue weighted by atomic mass is 79.9. The van der Waals surface area contributed by atoms with Crippen LogP contribution in [0.25, 0.3) is 10.1 Å². The summed E-state index contributed by atoms with van der Waals surface area (Å²) in [6.45, 7) is 7.05. The van der Waals surface area contributed by atoms with Crippen molar-refractivity contribution >= 4 is 48.9 Å². The van der Waals surface area contributed by atoms with Gasteiger partial charge in [-0.3, -0.25) is 4.79 Å². The molecule has 0 saturated carbocycles. The van der Waals surface area contributed by atoms with Gasteiger partial charge in [0.1, 0.15) is 4.88 Å². The molecule has 0 atom stereocenters. The summed E-state index contributed by atoms with van der Waals surface area (Å²) in [4.78, 5) is 12.9. The van der Waals surface area contributed by atoms with E-state index in [2.05, 4.69) is 42.0 Å². The fourth-order valence-electron chi connectivity index (χ4n) is 1.82. The standard InChI is InChI=1S/C15H19BrN2OS/c1-4-15(2,3)8-18-14(19)13-12(17)11-9(16)6-5-7-10(11)20-13/h5-7H,4,8,17H2,1-3H3,(H,18,19). The lowest BCUT2D eigenvalue weighted by Crippen LogP contribution is -2.33. The molecule has 3 nitrogen and oxygen atoms in total. The number of thiophene rings is 1. The van der Waals surface area contributed by atoms with Crippen LogP contribution in [0, 0.1) is 5.41 Å². The molecule has 0 radical (unpaired) electrons. The fourth-order valence-corrected chi connectivity index (χ4v) is 3.60. The monoisotopic (exact) mass is 354 g/mol. The second kappa shape index (κ2) is 5.74. The summed E-state index contributed by atoms with van der Waals surface area (Å²) in [5.41, 5.74) is 6.79. The number of benzene rings is 1. The summed E-state index contributed by atoms with van der Waals surface area (Å²) in [6.07, 6.45) is 1.01. The van der Waals surface area contributed by atoms with E-state index in [9.17, 15) is 4.79 Å². The van der Waals surface area contributed by atoms with Crippen LogP contribution in [0.15, 0.2) is 22.7 Å². The summed E-state index contributed by atoms with van der Waals surface area (Å²) >= 11 is 4.92. The summed E-state index contributed by atoms with van der Waals surface area (Å²) in [7, 11) is 0. The van der Waals surface area contributed by atoms with E-state index in [0.29, 0.717) is 17.1 Å². The smallest absolute Gasteiger partial charge is 0.263 e. The molecule has 0 spiro atoms. The Morgan fingerprint density at radius 2 is 2.15 bits per heavy atom. The molecule has 1 aromatic heterocycles. The number of hydrogen-bond acceptors (Lipinski definition) is 3. The predicted octanol–water partition coefficient (Wildman–Crippen LogP) is 4.41. The first-order valence-corrected chi connectivity index (χ1v) is 8.21. The quantitative estimate of drug-likeness (QED) is 0.853. The second-order valence-electron chi connectivity index (χ2n) is 5.66. The Morgan fingerprint density at radius 1 is 1.45 bits per heavy atom. The van der Waals surface area contributed by atoms with Gasteiger partial charge >= 0.3 is 0 Å². The number of amides is 1. The molecule has 0 aliphatic rings. The highest BCUT2D eigenvalue weighted by Crippen LogP contribution is 2.38. The van der Waals surface area contributed by atoms with E-state index >= 15 is 0 Å². The molecule has 108 valence electrons. The number of carbonyl (C=O) groups excluding carboxylic acids is 1. The van der Waals surface area contributed by atoms with Crippen LogP contribution in [0.3, 0.4) is 0 Å². The minimum Gasteiger partial charge on any atom is -0.397 e. The van der Waals surface area contributed by atoms with Gasteiger partial charge in [-0.05, 0) is 24.0 Å². The van der Waals surface area contributed by atoms with Crippen molar-refractivity contribution in [2.24, 2.45) is 5.41 Å². The molecule has 0 saturated heterocycles. The van der Waals surface area contributed by atoms with Crippen LogP contribution >= 0.6 is 27.3 Å². The number of anilines is 1. The number of nitrogens with two attached hydrogens (primary N) is 1. The first-order valence-electron chi connectivity index (χ1n) is 6.60. The molecule has 0 aliphatic heterocycles. The Hall–Kier alpha value is -1.07. The van der Waals surface area contributed by atoms with Gasteiger partial charge in [0.25, 0.3) is 5.91 Å². The number of halogens is 1. The lowest BCUT2D eigenvalue weighted by Gasteiger charge is -2.22. The third-order valence-corrected chi connectivity index (χ3v) is 5.42. The lowest BCUT2D eigenvalue weighted by atomic mass is 9.90. The van der Waals surface area contributed by atoms with Crippen LogP contribution in [0.4, 0.5) is 5.69 Å². The lowest BCUT2D eigenvalue weighted by molar-refractivity contribution is 0.0940. The van der Waals surface area contributed by atoms with E-state index in [1.165, 1.54) is 11.3 Å². The third-order valence-electron chi connectivity index (χ3n) is 3.59. The van der Waals surface area contributed by atoms with Gasteiger partial charge in [-0.1, -0.05) is 42.8 Å². The van der Waals surface area contributed by atoms with Gasteiger partial charge in [-0.15, -0.1) is 11.3 Å². The molecule has 0 bridgehead atoms. The van der Waals surface area contributed by atoms with Gasteiger partial charge in [0.15, 0.2) is 0 Å². The predicted molar refractivity (Wildman–Crippen MR) is 90.3 cm³/mol. The van der Waals surface area contributed by atoms with Crippen molar-refractivity contribution in [2.45, 2.75) is 27.2 Å². The van der Waals surface area contributed by atoms with Crippen LogP contribution in [0.5, 0.6) is 0 Å². The van der Waals surface area contributed by atoms with Crippen molar-refractivity contribution in [3.05, 3.63) is 27.5 Å². The zero-order chi connectivity index (χ0) is 14.9. The minimum absolute atomic E-state index is 0.0860. The number of rotatable bonds is 4. The zero-order valence-electron chi connectivity index (χ0n) is 11.9. The molecular weight excluding hydrogens is 336 g/mol. The van der Waals surface area contributed by atoms with Crippen molar-refractivity contribution in [1.82, 2.24) is 5.32 Å². The topological polar surface area (TPSA) is 55.1 Å². The number of fused-ring (bicyclic) bond motifs is 1. The Kier molecular flexibility index (Phi) is 4.39. The van der Waals surface area contributed by atoms with Crippen molar-refractivity contribution in [3.63, 3.8) is 0 Å². The average molecular weight is 355 g/mol. The second-order valence-corrected chi connectivity index (χ2v) is 7.56. The maximum absolute atomic E-state index is 12.3. The summed E-state index contributed by atoms with van der Waals surface area (Å²) in [6, 6.07) is 5.87. The molecule has 5 heteroatoms. The molecule has 2 aromatic rings. The van der Waals surface area contributed by atoms with Crippen LogP contribution in [0.1, 0.15) is 36.9 Å². The first kappa shape index (κ1) is 15.3. The van der Waals surface area contributed by atoms with Gasteiger partial charge in [-0.2, -0.15) is 0 Å². The van der Waals surface area contributed by atoms with E-state index < -0.39 is 0 Å². The van der Waals surface area contributed by atoms with Gasteiger partial charge in [0.2, 0.25) is 0 Å². The van der Waals surface area contributed by atoms with Crippen molar-refractivity contribution in [1.29, 1.82) is 0 Å². The van der Waals surface area contributed by atoms with Crippen LogP contribution in [0.2, 0.25) is 0 Å².